The molecule has 5 heteroatoms. The van der Waals surface area contributed by atoms with E-state index in [0.717, 1.165) is 12.0 Å². The summed E-state index contributed by atoms with van der Waals surface area (Å²) < 4.78 is 0. The Kier molecular flexibility index (Phi) is 6.88. The van der Waals surface area contributed by atoms with Crippen molar-refractivity contribution in [3.63, 3.8) is 0 Å². The van der Waals surface area contributed by atoms with E-state index >= 15 is 0 Å². The fourth-order valence-electron chi connectivity index (χ4n) is 1.85. The number of hydrogen-bond acceptors (Lipinski definition) is 3. The van der Waals surface area contributed by atoms with Crippen molar-refractivity contribution < 1.29 is 14.7 Å². The van der Waals surface area contributed by atoms with E-state index in [1.807, 2.05) is 13.8 Å². The first-order valence-corrected chi connectivity index (χ1v) is 7.23. The lowest BCUT2D eigenvalue weighted by Gasteiger charge is -2.17. The van der Waals surface area contributed by atoms with Gasteiger partial charge in [-0.05, 0) is 23.6 Å². The molecule has 2 amide bonds. The highest BCUT2D eigenvalue weighted by molar-refractivity contribution is 5.88. The van der Waals surface area contributed by atoms with E-state index < -0.39 is 6.10 Å². The molecular formula is C16H24N2O3. The molecule has 0 aliphatic carbocycles. The Hall–Kier alpha value is -1.88. The SMILES string of the molecule is CCC(C)C(O)CNC(=O)Cc1ccc(NC(C)=O)cc1. The largest absolute Gasteiger partial charge is 0.391 e. The van der Waals surface area contributed by atoms with Gasteiger partial charge in [-0.3, -0.25) is 9.59 Å². The summed E-state index contributed by atoms with van der Waals surface area (Å²) in [6.45, 7) is 5.69. The lowest BCUT2D eigenvalue weighted by molar-refractivity contribution is -0.121. The molecule has 5 nitrogen and oxygen atoms in total. The van der Waals surface area contributed by atoms with Crippen molar-refractivity contribution in [2.45, 2.75) is 39.7 Å². The Labute approximate surface area is 125 Å². The third kappa shape index (κ3) is 6.40. The molecule has 0 radical (unpaired) electrons. The molecule has 1 aromatic rings. The first-order chi connectivity index (χ1) is 9.92. The lowest BCUT2D eigenvalue weighted by Crippen LogP contribution is -2.36. The van der Waals surface area contributed by atoms with Crippen LogP contribution in [-0.4, -0.2) is 29.6 Å². The van der Waals surface area contributed by atoms with Crippen LogP contribution in [0, 0.1) is 5.92 Å². The van der Waals surface area contributed by atoms with Crippen LogP contribution in [-0.2, 0) is 16.0 Å². The van der Waals surface area contributed by atoms with Gasteiger partial charge in [-0.2, -0.15) is 0 Å². The molecule has 2 atom stereocenters. The molecule has 0 saturated heterocycles. The Balaban J connectivity index is 2.42. The van der Waals surface area contributed by atoms with Crippen molar-refractivity contribution >= 4 is 17.5 Å². The van der Waals surface area contributed by atoms with E-state index in [1.165, 1.54) is 6.92 Å². The van der Waals surface area contributed by atoms with Gasteiger partial charge in [-0.1, -0.05) is 32.4 Å². The number of aliphatic hydroxyl groups excluding tert-OH is 1. The summed E-state index contributed by atoms with van der Waals surface area (Å²) in [5, 5.41) is 15.2. The minimum absolute atomic E-state index is 0.121. The molecule has 0 aliphatic rings. The van der Waals surface area contributed by atoms with Crippen LogP contribution >= 0.6 is 0 Å². The second-order valence-corrected chi connectivity index (χ2v) is 5.31. The van der Waals surface area contributed by atoms with Gasteiger partial charge in [0.05, 0.1) is 12.5 Å². The third-order valence-electron chi connectivity index (χ3n) is 3.45. The van der Waals surface area contributed by atoms with Crippen molar-refractivity contribution in [3.05, 3.63) is 29.8 Å². The molecule has 3 N–H and O–H groups in total. The van der Waals surface area contributed by atoms with Gasteiger partial charge in [-0.25, -0.2) is 0 Å². The highest BCUT2D eigenvalue weighted by Gasteiger charge is 2.13. The van der Waals surface area contributed by atoms with Gasteiger partial charge in [0.2, 0.25) is 11.8 Å². The zero-order valence-electron chi connectivity index (χ0n) is 12.8. The summed E-state index contributed by atoms with van der Waals surface area (Å²) in [5.74, 6) is -0.0774. The minimum atomic E-state index is -0.513. The summed E-state index contributed by atoms with van der Waals surface area (Å²) in [7, 11) is 0. The van der Waals surface area contributed by atoms with Gasteiger partial charge in [0.15, 0.2) is 0 Å². The van der Waals surface area contributed by atoms with E-state index in [1.54, 1.807) is 24.3 Å². The molecule has 21 heavy (non-hydrogen) atoms. The van der Waals surface area contributed by atoms with Crippen LogP contribution in [0.25, 0.3) is 0 Å². The van der Waals surface area contributed by atoms with E-state index in [9.17, 15) is 14.7 Å². The molecule has 2 unspecified atom stereocenters. The lowest BCUT2D eigenvalue weighted by atomic mass is 10.0. The first-order valence-electron chi connectivity index (χ1n) is 7.23. The van der Waals surface area contributed by atoms with Gasteiger partial charge in [-0.15, -0.1) is 0 Å². The summed E-state index contributed by atoms with van der Waals surface area (Å²) in [5.41, 5.74) is 1.57. The van der Waals surface area contributed by atoms with Gasteiger partial charge in [0.25, 0.3) is 0 Å². The molecule has 116 valence electrons. The predicted octanol–water partition coefficient (Wildman–Crippen LogP) is 1.71. The molecule has 1 rings (SSSR count). The average molecular weight is 292 g/mol. The number of anilines is 1. The summed E-state index contributed by atoms with van der Waals surface area (Å²) in [6, 6.07) is 7.13. The molecule has 0 fully saturated rings. The maximum atomic E-state index is 11.8. The maximum absolute atomic E-state index is 11.8. The van der Waals surface area contributed by atoms with Crippen LogP contribution in [0.4, 0.5) is 5.69 Å². The normalized spacial score (nSPS) is 13.3. The number of aliphatic hydroxyl groups is 1. The maximum Gasteiger partial charge on any atom is 0.224 e. The molecule has 0 aliphatic heterocycles. The molecule has 0 spiro atoms. The van der Waals surface area contributed by atoms with Crippen LogP contribution < -0.4 is 10.6 Å². The molecule has 1 aromatic carbocycles. The van der Waals surface area contributed by atoms with Crippen LogP contribution in [0.15, 0.2) is 24.3 Å². The fraction of sp³-hybridized carbons (Fsp3) is 0.500. The molecular weight excluding hydrogens is 268 g/mol. The fourth-order valence-corrected chi connectivity index (χ4v) is 1.85. The van der Waals surface area contributed by atoms with Crippen molar-refractivity contribution in [2.75, 3.05) is 11.9 Å². The molecule has 0 heterocycles. The number of carbonyl (C=O) groups excluding carboxylic acids is 2. The van der Waals surface area contributed by atoms with Gasteiger partial charge < -0.3 is 15.7 Å². The number of hydrogen-bond donors (Lipinski definition) is 3. The monoisotopic (exact) mass is 292 g/mol. The van der Waals surface area contributed by atoms with Crippen LogP contribution in [0.2, 0.25) is 0 Å². The van der Waals surface area contributed by atoms with Crippen LogP contribution in [0.3, 0.4) is 0 Å². The highest BCUT2D eigenvalue weighted by atomic mass is 16.3. The van der Waals surface area contributed by atoms with Crippen LogP contribution in [0.1, 0.15) is 32.8 Å². The summed E-state index contributed by atoms with van der Waals surface area (Å²) in [4.78, 5) is 22.7. The molecule has 0 saturated carbocycles. The number of benzene rings is 1. The van der Waals surface area contributed by atoms with Crippen molar-refractivity contribution in [3.8, 4) is 0 Å². The zero-order chi connectivity index (χ0) is 15.8. The first kappa shape index (κ1) is 17.2. The second-order valence-electron chi connectivity index (χ2n) is 5.31. The van der Waals surface area contributed by atoms with E-state index in [4.69, 9.17) is 0 Å². The zero-order valence-corrected chi connectivity index (χ0v) is 12.8. The third-order valence-corrected chi connectivity index (χ3v) is 3.45. The Bertz CT molecular complexity index is 471. The van der Waals surface area contributed by atoms with Gasteiger partial charge in [0.1, 0.15) is 0 Å². The number of amides is 2. The van der Waals surface area contributed by atoms with Crippen molar-refractivity contribution in [2.24, 2.45) is 5.92 Å². The van der Waals surface area contributed by atoms with Gasteiger partial charge in [0, 0.05) is 19.2 Å². The predicted molar refractivity (Wildman–Crippen MR) is 82.9 cm³/mol. The molecule has 0 bridgehead atoms. The van der Waals surface area contributed by atoms with E-state index in [2.05, 4.69) is 10.6 Å². The summed E-state index contributed by atoms with van der Waals surface area (Å²) >= 11 is 0. The minimum Gasteiger partial charge on any atom is -0.391 e. The number of nitrogens with one attached hydrogen (secondary N) is 2. The van der Waals surface area contributed by atoms with Crippen molar-refractivity contribution in [1.82, 2.24) is 5.32 Å². The average Bonchev–Trinajstić information content (AvgIpc) is 2.45. The standard InChI is InChI=1S/C16H24N2O3/c1-4-11(2)15(20)10-17-16(21)9-13-5-7-14(8-6-13)18-12(3)19/h5-8,11,15,20H,4,9-10H2,1-3H3,(H,17,21)(H,18,19). The summed E-state index contributed by atoms with van der Waals surface area (Å²) in [6.07, 6.45) is 0.621. The van der Waals surface area contributed by atoms with Crippen molar-refractivity contribution in [1.29, 1.82) is 0 Å². The Morgan fingerprint density at radius 3 is 2.38 bits per heavy atom. The second kappa shape index (κ2) is 8.42. The van der Waals surface area contributed by atoms with E-state index in [-0.39, 0.29) is 30.7 Å². The van der Waals surface area contributed by atoms with Gasteiger partial charge >= 0.3 is 0 Å². The van der Waals surface area contributed by atoms with E-state index in [0.29, 0.717) is 5.69 Å². The molecule has 0 aromatic heterocycles. The smallest absolute Gasteiger partial charge is 0.224 e. The van der Waals surface area contributed by atoms with Crippen LogP contribution in [0.5, 0.6) is 0 Å². The Morgan fingerprint density at radius 2 is 1.86 bits per heavy atom. The quantitative estimate of drug-likeness (QED) is 0.716. The number of rotatable bonds is 7. The Morgan fingerprint density at radius 1 is 1.24 bits per heavy atom. The topological polar surface area (TPSA) is 78.4 Å². The highest BCUT2D eigenvalue weighted by Crippen LogP contribution is 2.10. The number of carbonyl (C=O) groups is 2.